The van der Waals surface area contributed by atoms with Gasteiger partial charge in [0.1, 0.15) is 0 Å². The third-order valence-corrected chi connectivity index (χ3v) is 2.24. The van der Waals surface area contributed by atoms with E-state index in [0.717, 1.165) is 5.56 Å². The maximum absolute atomic E-state index is 5.95. The summed E-state index contributed by atoms with van der Waals surface area (Å²) in [6, 6.07) is 5.39. The molecule has 0 saturated heterocycles. The molecule has 0 saturated carbocycles. The Kier molecular flexibility index (Phi) is 4.69. The highest BCUT2D eigenvalue weighted by molar-refractivity contribution is 6.35. The summed E-state index contributed by atoms with van der Waals surface area (Å²) in [5, 5.41) is 1.26. The summed E-state index contributed by atoms with van der Waals surface area (Å²) < 4.78 is 5.35. The smallest absolute Gasteiger partial charge is 0.0732 e. The maximum Gasteiger partial charge on any atom is 0.0732 e. The number of ether oxygens (including phenoxy) is 1. The maximum atomic E-state index is 5.95. The Bertz CT molecular complexity index is 302. The van der Waals surface area contributed by atoms with Gasteiger partial charge in [0.2, 0.25) is 0 Å². The number of halogens is 2. The second-order valence-corrected chi connectivity index (χ2v) is 4.07. The summed E-state index contributed by atoms with van der Waals surface area (Å²) in [6.07, 6.45) is 0. The molecule has 1 rings (SSSR count). The van der Waals surface area contributed by atoms with Crippen molar-refractivity contribution in [3.8, 4) is 0 Å². The van der Waals surface area contributed by atoms with Gasteiger partial charge in [-0.05, 0) is 24.6 Å². The summed E-state index contributed by atoms with van der Waals surface area (Å²) in [5.41, 5.74) is 6.47. The third kappa shape index (κ3) is 3.84. The number of hydrogen-bond acceptors (Lipinski definition) is 2. The summed E-state index contributed by atoms with van der Waals surface area (Å²) >= 11 is 11.7. The lowest BCUT2D eigenvalue weighted by atomic mass is 10.2. The minimum atomic E-state index is 0.0427. The molecule has 0 radical (unpaired) electrons. The minimum Gasteiger partial charge on any atom is -0.375 e. The van der Waals surface area contributed by atoms with Gasteiger partial charge >= 0.3 is 0 Å². The molecule has 14 heavy (non-hydrogen) atoms. The van der Waals surface area contributed by atoms with Crippen molar-refractivity contribution >= 4 is 23.2 Å². The van der Waals surface area contributed by atoms with Crippen molar-refractivity contribution in [3.05, 3.63) is 33.8 Å². The zero-order chi connectivity index (χ0) is 10.6. The summed E-state index contributed by atoms with van der Waals surface area (Å²) in [4.78, 5) is 0. The van der Waals surface area contributed by atoms with Gasteiger partial charge in [0.15, 0.2) is 0 Å². The SMILES string of the molecule is C[C@@H](N)COCc1ccc(Cl)cc1Cl. The van der Waals surface area contributed by atoms with E-state index in [0.29, 0.717) is 23.3 Å². The van der Waals surface area contributed by atoms with Crippen LogP contribution in [-0.4, -0.2) is 12.6 Å². The molecule has 0 aliphatic rings. The molecule has 0 aliphatic heterocycles. The van der Waals surface area contributed by atoms with Crippen LogP contribution in [0.25, 0.3) is 0 Å². The largest absolute Gasteiger partial charge is 0.375 e. The molecule has 78 valence electrons. The Morgan fingerprint density at radius 3 is 2.71 bits per heavy atom. The van der Waals surface area contributed by atoms with Crippen LogP contribution in [-0.2, 0) is 11.3 Å². The minimum absolute atomic E-state index is 0.0427. The zero-order valence-electron chi connectivity index (χ0n) is 7.97. The molecule has 1 aromatic carbocycles. The average Bonchev–Trinajstić information content (AvgIpc) is 2.08. The number of nitrogens with two attached hydrogens (primary N) is 1. The molecule has 0 aliphatic carbocycles. The molecule has 2 nitrogen and oxygen atoms in total. The van der Waals surface area contributed by atoms with E-state index >= 15 is 0 Å². The lowest BCUT2D eigenvalue weighted by Gasteiger charge is -2.08. The summed E-state index contributed by atoms with van der Waals surface area (Å²) in [6.45, 7) is 2.89. The Morgan fingerprint density at radius 1 is 1.43 bits per heavy atom. The molecule has 0 aromatic heterocycles. The van der Waals surface area contributed by atoms with E-state index < -0.39 is 0 Å². The van der Waals surface area contributed by atoms with E-state index in [1.165, 1.54) is 0 Å². The number of benzene rings is 1. The molecular formula is C10H13Cl2NO. The second-order valence-electron chi connectivity index (χ2n) is 3.23. The van der Waals surface area contributed by atoms with Crippen molar-refractivity contribution in [1.29, 1.82) is 0 Å². The fourth-order valence-corrected chi connectivity index (χ4v) is 1.46. The quantitative estimate of drug-likeness (QED) is 0.869. The lowest BCUT2D eigenvalue weighted by molar-refractivity contribution is 0.111. The molecule has 0 heterocycles. The second kappa shape index (κ2) is 5.56. The first-order valence-electron chi connectivity index (χ1n) is 4.37. The fraction of sp³-hybridized carbons (Fsp3) is 0.400. The van der Waals surface area contributed by atoms with Crippen LogP contribution in [0.4, 0.5) is 0 Å². The van der Waals surface area contributed by atoms with Gasteiger partial charge in [-0.2, -0.15) is 0 Å². The van der Waals surface area contributed by atoms with Crippen molar-refractivity contribution in [2.75, 3.05) is 6.61 Å². The molecule has 0 bridgehead atoms. The molecule has 1 atom stereocenters. The van der Waals surface area contributed by atoms with E-state index in [9.17, 15) is 0 Å². The van der Waals surface area contributed by atoms with Gasteiger partial charge in [0.05, 0.1) is 13.2 Å². The first-order chi connectivity index (χ1) is 6.59. The van der Waals surface area contributed by atoms with Crippen LogP contribution >= 0.6 is 23.2 Å². The predicted octanol–water partition coefficient (Wildman–Crippen LogP) is 2.86. The Balaban J connectivity index is 2.51. The van der Waals surface area contributed by atoms with Gasteiger partial charge in [-0.1, -0.05) is 29.3 Å². The molecule has 0 fully saturated rings. The van der Waals surface area contributed by atoms with Crippen molar-refractivity contribution in [2.45, 2.75) is 19.6 Å². The first kappa shape index (κ1) is 11.8. The topological polar surface area (TPSA) is 35.2 Å². The van der Waals surface area contributed by atoms with Crippen LogP contribution in [0.5, 0.6) is 0 Å². The normalized spacial score (nSPS) is 12.9. The van der Waals surface area contributed by atoms with Gasteiger partial charge in [-0.3, -0.25) is 0 Å². The van der Waals surface area contributed by atoms with E-state index in [4.69, 9.17) is 33.7 Å². The van der Waals surface area contributed by atoms with Crippen molar-refractivity contribution in [1.82, 2.24) is 0 Å². The summed E-state index contributed by atoms with van der Waals surface area (Å²) in [7, 11) is 0. The molecule has 4 heteroatoms. The number of hydrogen-bond donors (Lipinski definition) is 1. The molecule has 0 unspecified atom stereocenters. The molecule has 2 N–H and O–H groups in total. The number of rotatable bonds is 4. The van der Waals surface area contributed by atoms with Crippen molar-refractivity contribution in [2.24, 2.45) is 5.73 Å². The predicted molar refractivity (Wildman–Crippen MR) is 59.8 cm³/mol. The third-order valence-electron chi connectivity index (χ3n) is 1.65. The van der Waals surface area contributed by atoms with Gasteiger partial charge in [0.25, 0.3) is 0 Å². The standard InChI is InChI=1S/C10H13Cl2NO/c1-7(13)5-14-6-8-2-3-9(11)4-10(8)12/h2-4,7H,5-6,13H2,1H3/t7-/m1/s1. The lowest BCUT2D eigenvalue weighted by Crippen LogP contribution is -2.21. The average molecular weight is 234 g/mol. The van der Waals surface area contributed by atoms with E-state index in [1.54, 1.807) is 12.1 Å². The Morgan fingerprint density at radius 2 is 2.14 bits per heavy atom. The fourth-order valence-electron chi connectivity index (χ4n) is 0.994. The Hall–Kier alpha value is -0.280. The monoisotopic (exact) mass is 233 g/mol. The Labute approximate surface area is 94.0 Å². The molecule has 0 spiro atoms. The van der Waals surface area contributed by atoms with E-state index in [2.05, 4.69) is 0 Å². The molecule has 1 aromatic rings. The molecular weight excluding hydrogens is 221 g/mol. The van der Waals surface area contributed by atoms with Gasteiger partial charge in [0, 0.05) is 16.1 Å². The van der Waals surface area contributed by atoms with Gasteiger partial charge < -0.3 is 10.5 Å². The van der Waals surface area contributed by atoms with Crippen LogP contribution in [0.1, 0.15) is 12.5 Å². The van der Waals surface area contributed by atoms with Crippen LogP contribution in [0, 0.1) is 0 Å². The van der Waals surface area contributed by atoms with Crippen molar-refractivity contribution < 1.29 is 4.74 Å². The first-order valence-corrected chi connectivity index (χ1v) is 5.12. The van der Waals surface area contributed by atoms with E-state index in [1.807, 2.05) is 13.0 Å². The zero-order valence-corrected chi connectivity index (χ0v) is 9.48. The highest BCUT2D eigenvalue weighted by Gasteiger charge is 2.01. The van der Waals surface area contributed by atoms with E-state index in [-0.39, 0.29) is 6.04 Å². The molecule has 0 amide bonds. The highest BCUT2D eigenvalue weighted by atomic mass is 35.5. The van der Waals surface area contributed by atoms with Crippen molar-refractivity contribution in [3.63, 3.8) is 0 Å². The van der Waals surface area contributed by atoms with Gasteiger partial charge in [-0.15, -0.1) is 0 Å². The van der Waals surface area contributed by atoms with Crippen LogP contribution in [0.2, 0.25) is 10.0 Å². The van der Waals surface area contributed by atoms with Crippen LogP contribution in [0.15, 0.2) is 18.2 Å². The summed E-state index contributed by atoms with van der Waals surface area (Å²) in [5.74, 6) is 0. The van der Waals surface area contributed by atoms with Crippen LogP contribution in [0.3, 0.4) is 0 Å². The highest BCUT2D eigenvalue weighted by Crippen LogP contribution is 2.21. The van der Waals surface area contributed by atoms with Gasteiger partial charge in [-0.25, -0.2) is 0 Å². The van der Waals surface area contributed by atoms with Crippen LogP contribution < -0.4 is 5.73 Å².